The van der Waals surface area contributed by atoms with E-state index < -0.39 is 6.04 Å². The maximum atomic E-state index is 12.1. The van der Waals surface area contributed by atoms with E-state index in [1.165, 1.54) is 0 Å². The number of aliphatic hydroxyl groups is 1. The van der Waals surface area contributed by atoms with Crippen molar-refractivity contribution < 1.29 is 14.6 Å². The van der Waals surface area contributed by atoms with Gasteiger partial charge in [0.2, 0.25) is 5.91 Å². The molecular weight excluding hydrogens is 244 g/mol. The predicted octanol–water partition coefficient (Wildman–Crippen LogP) is 0.771. The Bertz CT molecular complexity index is 431. The standard InChI is InChI=1S/C14H20N2O3/c1-10(2)19-12-5-3-11(4-6-12)16-8-7-15-13(9-17)14(16)18/h3-6,10,13,15,17H,7-9H2,1-2H3. The Morgan fingerprint density at radius 3 is 2.68 bits per heavy atom. The molecule has 1 aromatic carbocycles. The molecule has 104 valence electrons. The van der Waals surface area contributed by atoms with Crippen molar-refractivity contribution in [2.75, 3.05) is 24.6 Å². The van der Waals surface area contributed by atoms with Crippen molar-refractivity contribution in [3.8, 4) is 5.75 Å². The van der Waals surface area contributed by atoms with Crippen LogP contribution in [0.2, 0.25) is 0 Å². The first kappa shape index (κ1) is 13.8. The van der Waals surface area contributed by atoms with Gasteiger partial charge in [-0.2, -0.15) is 0 Å². The van der Waals surface area contributed by atoms with Gasteiger partial charge < -0.3 is 20.1 Å². The molecule has 2 N–H and O–H groups in total. The molecule has 5 nitrogen and oxygen atoms in total. The number of benzene rings is 1. The zero-order valence-corrected chi connectivity index (χ0v) is 11.3. The third-order valence-corrected chi connectivity index (χ3v) is 2.99. The van der Waals surface area contributed by atoms with E-state index in [4.69, 9.17) is 9.84 Å². The highest BCUT2D eigenvalue weighted by Gasteiger charge is 2.28. The molecule has 0 saturated carbocycles. The van der Waals surface area contributed by atoms with Gasteiger partial charge >= 0.3 is 0 Å². The number of ether oxygens (including phenoxy) is 1. The summed E-state index contributed by atoms with van der Waals surface area (Å²) >= 11 is 0. The fraction of sp³-hybridized carbons (Fsp3) is 0.500. The lowest BCUT2D eigenvalue weighted by Gasteiger charge is -2.32. The fourth-order valence-corrected chi connectivity index (χ4v) is 2.11. The minimum Gasteiger partial charge on any atom is -0.491 e. The summed E-state index contributed by atoms with van der Waals surface area (Å²) < 4.78 is 5.57. The number of carbonyl (C=O) groups excluding carboxylic acids is 1. The van der Waals surface area contributed by atoms with E-state index in [-0.39, 0.29) is 18.6 Å². The number of nitrogens with zero attached hydrogens (tertiary/aromatic N) is 1. The lowest BCUT2D eigenvalue weighted by molar-refractivity contribution is -0.122. The highest BCUT2D eigenvalue weighted by atomic mass is 16.5. The van der Waals surface area contributed by atoms with Gasteiger partial charge in [-0.05, 0) is 38.1 Å². The Kier molecular flexibility index (Phi) is 4.39. The largest absolute Gasteiger partial charge is 0.491 e. The Morgan fingerprint density at radius 2 is 2.11 bits per heavy atom. The number of carbonyl (C=O) groups is 1. The number of anilines is 1. The van der Waals surface area contributed by atoms with Crippen LogP contribution >= 0.6 is 0 Å². The van der Waals surface area contributed by atoms with Gasteiger partial charge in [-0.3, -0.25) is 4.79 Å². The molecule has 0 aromatic heterocycles. The minimum absolute atomic E-state index is 0.0914. The zero-order valence-electron chi connectivity index (χ0n) is 11.3. The SMILES string of the molecule is CC(C)Oc1ccc(N2CCNC(CO)C2=O)cc1. The van der Waals surface area contributed by atoms with Gasteiger partial charge in [-0.15, -0.1) is 0 Å². The second kappa shape index (κ2) is 6.04. The van der Waals surface area contributed by atoms with Crippen molar-refractivity contribution in [2.24, 2.45) is 0 Å². The van der Waals surface area contributed by atoms with Crippen LogP contribution < -0.4 is 15.0 Å². The van der Waals surface area contributed by atoms with Crippen LogP contribution in [0.1, 0.15) is 13.8 Å². The quantitative estimate of drug-likeness (QED) is 0.843. The number of hydrogen-bond donors (Lipinski definition) is 2. The molecule has 1 unspecified atom stereocenters. The van der Waals surface area contributed by atoms with Gasteiger partial charge in [0.15, 0.2) is 0 Å². The summed E-state index contributed by atoms with van der Waals surface area (Å²) in [4.78, 5) is 13.8. The maximum Gasteiger partial charge on any atom is 0.246 e. The van der Waals surface area contributed by atoms with E-state index in [2.05, 4.69) is 5.32 Å². The van der Waals surface area contributed by atoms with E-state index in [0.717, 1.165) is 11.4 Å². The Labute approximate surface area is 113 Å². The van der Waals surface area contributed by atoms with E-state index in [1.807, 2.05) is 38.1 Å². The lowest BCUT2D eigenvalue weighted by Crippen LogP contribution is -2.56. The van der Waals surface area contributed by atoms with Crippen LogP contribution in [-0.2, 0) is 4.79 Å². The first-order chi connectivity index (χ1) is 9.11. The predicted molar refractivity (Wildman–Crippen MR) is 73.4 cm³/mol. The molecule has 0 bridgehead atoms. The molecule has 0 spiro atoms. The molecule has 1 aliphatic rings. The Hall–Kier alpha value is -1.59. The van der Waals surface area contributed by atoms with Crippen LogP contribution in [0.15, 0.2) is 24.3 Å². The second-order valence-corrected chi connectivity index (χ2v) is 4.84. The average molecular weight is 264 g/mol. The van der Waals surface area contributed by atoms with Crippen LogP contribution in [0, 0.1) is 0 Å². The molecule has 1 fully saturated rings. The van der Waals surface area contributed by atoms with E-state index >= 15 is 0 Å². The number of nitrogens with one attached hydrogen (secondary N) is 1. The molecule has 5 heteroatoms. The van der Waals surface area contributed by atoms with E-state index in [0.29, 0.717) is 13.1 Å². The Balaban J connectivity index is 2.11. The van der Waals surface area contributed by atoms with Crippen molar-refractivity contribution >= 4 is 11.6 Å². The maximum absolute atomic E-state index is 12.1. The van der Waals surface area contributed by atoms with Gasteiger partial charge in [0.05, 0.1) is 12.7 Å². The Morgan fingerprint density at radius 1 is 1.42 bits per heavy atom. The fourth-order valence-electron chi connectivity index (χ4n) is 2.11. The van der Waals surface area contributed by atoms with Crippen LogP contribution in [-0.4, -0.2) is 42.9 Å². The van der Waals surface area contributed by atoms with Gasteiger partial charge in [0.1, 0.15) is 11.8 Å². The summed E-state index contributed by atoms with van der Waals surface area (Å²) in [6.07, 6.45) is 0.130. The molecule has 1 saturated heterocycles. The summed E-state index contributed by atoms with van der Waals surface area (Å²) in [5, 5.41) is 12.1. The van der Waals surface area contributed by atoms with Gasteiger partial charge in [0, 0.05) is 18.8 Å². The number of piperazine rings is 1. The molecule has 0 radical (unpaired) electrons. The molecule has 1 aliphatic heterocycles. The van der Waals surface area contributed by atoms with Gasteiger partial charge in [0.25, 0.3) is 0 Å². The van der Waals surface area contributed by atoms with Crippen molar-refractivity contribution in [2.45, 2.75) is 26.0 Å². The molecule has 1 amide bonds. The molecular formula is C14H20N2O3. The van der Waals surface area contributed by atoms with Crippen LogP contribution in [0.25, 0.3) is 0 Å². The van der Waals surface area contributed by atoms with E-state index in [1.54, 1.807) is 4.90 Å². The molecule has 1 heterocycles. The van der Waals surface area contributed by atoms with Crippen LogP contribution in [0.3, 0.4) is 0 Å². The lowest BCUT2D eigenvalue weighted by atomic mass is 10.1. The number of rotatable bonds is 4. The van der Waals surface area contributed by atoms with E-state index in [9.17, 15) is 4.79 Å². The van der Waals surface area contributed by atoms with Crippen molar-refractivity contribution in [1.82, 2.24) is 5.32 Å². The molecule has 1 aromatic rings. The molecule has 1 atom stereocenters. The summed E-state index contributed by atoms with van der Waals surface area (Å²) in [5.41, 5.74) is 0.834. The minimum atomic E-state index is -0.500. The van der Waals surface area contributed by atoms with Crippen molar-refractivity contribution in [3.63, 3.8) is 0 Å². The smallest absolute Gasteiger partial charge is 0.246 e. The normalized spacial score (nSPS) is 19.9. The summed E-state index contributed by atoms with van der Waals surface area (Å²) in [7, 11) is 0. The second-order valence-electron chi connectivity index (χ2n) is 4.84. The molecule has 0 aliphatic carbocycles. The monoisotopic (exact) mass is 264 g/mol. The summed E-state index contributed by atoms with van der Waals surface area (Å²) in [6, 6.07) is 6.96. The topological polar surface area (TPSA) is 61.8 Å². The third-order valence-electron chi connectivity index (χ3n) is 2.99. The third kappa shape index (κ3) is 3.24. The summed E-state index contributed by atoms with van der Waals surface area (Å²) in [5.74, 6) is 0.700. The van der Waals surface area contributed by atoms with Gasteiger partial charge in [-0.1, -0.05) is 0 Å². The zero-order chi connectivity index (χ0) is 13.8. The highest BCUT2D eigenvalue weighted by molar-refractivity contribution is 5.98. The van der Waals surface area contributed by atoms with Crippen molar-refractivity contribution in [1.29, 1.82) is 0 Å². The number of amides is 1. The van der Waals surface area contributed by atoms with Crippen LogP contribution in [0.5, 0.6) is 5.75 Å². The van der Waals surface area contributed by atoms with Gasteiger partial charge in [-0.25, -0.2) is 0 Å². The number of hydrogen-bond acceptors (Lipinski definition) is 4. The summed E-state index contributed by atoms with van der Waals surface area (Å²) in [6.45, 7) is 5.06. The first-order valence-electron chi connectivity index (χ1n) is 6.54. The van der Waals surface area contributed by atoms with Crippen LogP contribution in [0.4, 0.5) is 5.69 Å². The first-order valence-corrected chi connectivity index (χ1v) is 6.54. The molecule has 2 rings (SSSR count). The molecule has 19 heavy (non-hydrogen) atoms. The average Bonchev–Trinajstić information content (AvgIpc) is 2.39. The van der Waals surface area contributed by atoms with Crippen molar-refractivity contribution in [3.05, 3.63) is 24.3 Å². The number of aliphatic hydroxyl groups excluding tert-OH is 1. The highest BCUT2D eigenvalue weighted by Crippen LogP contribution is 2.21.